The van der Waals surface area contributed by atoms with Gasteiger partial charge >= 0.3 is 0 Å². The first kappa shape index (κ1) is 14.4. The van der Waals surface area contributed by atoms with Gasteiger partial charge in [-0.2, -0.15) is 0 Å². The minimum Gasteiger partial charge on any atom is -0.388 e. The molecule has 0 saturated carbocycles. The topological polar surface area (TPSA) is 26.7 Å². The minimum absolute atomic E-state index is 0.539. The lowest BCUT2D eigenvalue weighted by Gasteiger charge is -2.41. The molecule has 1 aromatic rings. The van der Waals surface area contributed by atoms with Gasteiger partial charge in [0.1, 0.15) is 0 Å². The molecule has 21 heavy (non-hydrogen) atoms. The molecule has 1 saturated heterocycles. The second kappa shape index (κ2) is 6.46. The number of aliphatic hydroxyl groups is 1. The van der Waals surface area contributed by atoms with Crippen molar-refractivity contribution in [2.75, 3.05) is 26.2 Å². The molecule has 3 heteroatoms. The van der Waals surface area contributed by atoms with Crippen molar-refractivity contribution in [1.82, 2.24) is 9.80 Å². The molecule has 2 aliphatic heterocycles. The van der Waals surface area contributed by atoms with Crippen molar-refractivity contribution in [3.63, 3.8) is 0 Å². The number of β-amino-alcohol motifs (C(OH)–C–C–N with tert-alkyl or cyclic N) is 1. The molecule has 0 spiro atoms. The number of hydrogen-bond acceptors (Lipinski definition) is 3. The smallest absolute Gasteiger partial charge is 0.0846 e. The van der Waals surface area contributed by atoms with E-state index in [4.69, 9.17) is 0 Å². The molecule has 0 atom stereocenters. The number of likely N-dealkylation sites (tertiary alicyclic amines) is 1. The van der Waals surface area contributed by atoms with Crippen LogP contribution in [0.4, 0.5) is 0 Å². The van der Waals surface area contributed by atoms with E-state index >= 15 is 0 Å². The van der Waals surface area contributed by atoms with E-state index in [1.54, 1.807) is 0 Å². The highest BCUT2D eigenvalue weighted by atomic mass is 16.3. The van der Waals surface area contributed by atoms with Crippen molar-refractivity contribution < 1.29 is 5.11 Å². The van der Waals surface area contributed by atoms with E-state index in [1.165, 1.54) is 5.56 Å². The highest BCUT2D eigenvalue weighted by molar-refractivity contribution is 5.14. The third kappa shape index (κ3) is 3.96. The molecule has 0 unspecified atom stereocenters. The van der Waals surface area contributed by atoms with Crippen LogP contribution in [0.1, 0.15) is 18.4 Å². The average molecular weight is 284 g/mol. The van der Waals surface area contributed by atoms with Crippen molar-refractivity contribution in [1.29, 1.82) is 0 Å². The van der Waals surface area contributed by atoms with Crippen LogP contribution in [-0.4, -0.2) is 46.7 Å². The predicted molar refractivity (Wildman–Crippen MR) is 85.8 cm³/mol. The number of allylic oxidation sites excluding steroid dienone is 2. The van der Waals surface area contributed by atoms with Crippen LogP contribution in [0.2, 0.25) is 0 Å². The van der Waals surface area contributed by atoms with Gasteiger partial charge in [0.25, 0.3) is 0 Å². The Labute approximate surface area is 127 Å². The fraction of sp³-hybridized carbons (Fsp3) is 0.444. The lowest BCUT2D eigenvalue weighted by molar-refractivity contribution is -0.0379. The summed E-state index contributed by atoms with van der Waals surface area (Å²) < 4.78 is 0. The van der Waals surface area contributed by atoms with Gasteiger partial charge in [-0.1, -0.05) is 42.5 Å². The van der Waals surface area contributed by atoms with Crippen molar-refractivity contribution in [3.05, 3.63) is 60.3 Å². The van der Waals surface area contributed by atoms with Crippen LogP contribution in [0.5, 0.6) is 0 Å². The first-order valence-electron chi connectivity index (χ1n) is 7.80. The van der Waals surface area contributed by atoms with Crippen LogP contribution in [-0.2, 0) is 6.54 Å². The third-order valence-electron chi connectivity index (χ3n) is 4.42. The summed E-state index contributed by atoms with van der Waals surface area (Å²) in [7, 11) is 0. The molecule has 112 valence electrons. The van der Waals surface area contributed by atoms with Gasteiger partial charge in [0.2, 0.25) is 0 Å². The fourth-order valence-electron chi connectivity index (χ4n) is 3.13. The van der Waals surface area contributed by atoms with E-state index in [-0.39, 0.29) is 0 Å². The molecule has 2 heterocycles. The Morgan fingerprint density at radius 3 is 2.48 bits per heavy atom. The van der Waals surface area contributed by atoms with E-state index in [0.717, 1.165) is 45.6 Å². The zero-order valence-electron chi connectivity index (χ0n) is 12.5. The normalized spacial score (nSPS) is 21.7. The lowest BCUT2D eigenvalue weighted by Crippen LogP contribution is -2.49. The van der Waals surface area contributed by atoms with Crippen LogP contribution in [0.15, 0.2) is 54.8 Å². The number of nitrogens with zero attached hydrogens (tertiary/aromatic N) is 2. The zero-order chi connectivity index (χ0) is 14.5. The minimum atomic E-state index is -0.539. The van der Waals surface area contributed by atoms with E-state index in [2.05, 4.69) is 58.5 Å². The summed E-state index contributed by atoms with van der Waals surface area (Å²) in [6.07, 6.45) is 10.0. The van der Waals surface area contributed by atoms with Gasteiger partial charge in [-0.05, 0) is 30.7 Å². The maximum Gasteiger partial charge on any atom is 0.0846 e. The first-order valence-corrected chi connectivity index (χ1v) is 7.80. The Kier molecular flexibility index (Phi) is 4.42. The molecule has 1 fully saturated rings. The quantitative estimate of drug-likeness (QED) is 0.920. The first-order chi connectivity index (χ1) is 10.2. The Hall–Kier alpha value is -1.58. The van der Waals surface area contributed by atoms with E-state index in [1.807, 2.05) is 6.08 Å². The highest BCUT2D eigenvalue weighted by Gasteiger charge is 2.33. The molecule has 0 aromatic heterocycles. The maximum absolute atomic E-state index is 10.8. The summed E-state index contributed by atoms with van der Waals surface area (Å²) in [5, 5.41) is 10.8. The van der Waals surface area contributed by atoms with Crippen molar-refractivity contribution in [2.24, 2.45) is 0 Å². The SMILES string of the molecule is OC1(CN2C=CC=CC2)CCN(Cc2ccccc2)CC1. The van der Waals surface area contributed by atoms with Gasteiger partial charge in [0.15, 0.2) is 0 Å². The van der Waals surface area contributed by atoms with Crippen LogP contribution in [0.25, 0.3) is 0 Å². The number of hydrogen-bond donors (Lipinski definition) is 1. The van der Waals surface area contributed by atoms with Gasteiger partial charge in [-0.25, -0.2) is 0 Å². The molecule has 0 amide bonds. The largest absolute Gasteiger partial charge is 0.388 e. The number of benzene rings is 1. The molecule has 0 radical (unpaired) electrons. The van der Waals surface area contributed by atoms with E-state index in [9.17, 15) is 5.11 Å². The fourth-order valence-corrected chi connectivity index (χ4v) is 3.13. The highest BCUT2D eigenvalue weighted by Crippen LogP contribution is 2.25. The summed E-state index contributed by atoms with van der Waals surface area (Å²) in [4.78, 5) is 4.64. The number of rotatable bonds is 4. The van der Waals surface area contributed by atoms with Crippen molar-refractivity contribution >= 4 is 0 Å². The van der Waals surface area contributed by atoms with Gasteiger partial charge in [0, 0.05) is 32.7 Å². The summed E-state index contributed by atoms with van der Waals surface area (Å²) >= 11 is 0. The van der Waals surface area contributed by atoms with E-state index in [0.29, 0.717) is 0 Å². The summed E-state index contributed by atoms with van der Waals surface area (Å²) in [6.45, 7) is 4.58. The van der Waals surface area contributed by atoms with Crippen LogP contribution in [0.3, 0.4) is 0 Å². The lowest BCUT2D eigenvalue weighted by atomic mass is 9.90. The van der Waals surface area contributed by atoms with Crippen LogP contribution in [0, 0.1) is 0 Å². The van der Waals surface area contributed by atoms with Crippen molar-refractivity contribution in [3.8, 4) is 0 Å². The molecule has 3 rings (SSSR count). The predicted octanol–water partition coefficient (Wildman–Crippen LogP) is 2.40. The van der Waals surface area contributed by atoms with Crippen molar-refractivity contribution in [2.45, 2.75) is 25.0 Å². The molecule has 3 nitrogen and oxygen atoms in total. The monoisotopic (exact) mass is 284 g/mol. The Bertz CT molecular complexity index is 501. The average Bonchev–Trinajstić information content (AvgIpc) is 2.52. The Morgan fingerprint density at radius 1 is 1.05 bits per heavy atom. The zero-order valence-corrected chi connectivity index (χ0v) is 12.5. The summed E-state index contributed by atoms with van der Waals surface area (Å²) in [6, 6.07) is 10.6. The molecular weight excluding hydrogens is 260 g/mol. The summed E-state index contributed by atoms with van der Waals surface area (Å²) in [5.74, 6) is 0. The van der Waals surface area contributed by atoms with Crippen LogP contribution < -0.4 is 0 Å². The Balaban J connectivity index is 1.50. The van der Waals surface area contributed by atoms with Crippen LogP contribution >= 0.6 is 0 Å². The molecule has 2 aliphatic rings. The second-order valence-corrected chi connectivity index (χ2v) is 6.19. The molecule has 1 N–H and O–H groups in total. The number of piperidine rings is 1. The standard InChI is InChI=1S/C18H24N2O/c21-18(16-20-11-5-2-6-12-20)9-13-19(14-10-18)15-17-7-3-1-4-8-17/h1-8,11,21H,9-10,12-16H2. The summed E-state index contributed by atoms with van der Waals surface area (Å²) in [5.41, 5.74) is 0.815. The second-order valence-electron chi connectivity index (χ2n) is 6.19. The van der Waals surface area contributed by atoms with Gasteiger partial charge in [0.05, 0.1) is 5.60 Å². The van der Waals surface area contributed by atoms with Gasteiger partial charge in [-0.3, -0.25) is 4.90 Å². The van der Waals surface area contributed by atoms with Gasteiger partial charge < -0.3 is 10.0 Å². The maximum atomic E-state index is 10.8. The third-order valence-corrected chi connectivity index (χ3v) is 4.42. The van der Waals surface area contributed by atoms with E-state index < -0.39 is 5.60 Å². The molecule has 0 aliphatic carbocycles. The molecular formula is C18H24N2O. The molecule has 1 aromatic carbocycles. The Morgan fingerprint density at radius 2 is 1.81 bits per heavy atom. The molecule has 0 bridgehead atoms. The van der Waals surface area contributed by atoms with Gasteiger partial charge in [-0.15, -0.1) is 0 Å².